The van der Waals surface area contributed by atoms with Crippen LogP contribution in [-0.4, -0.2) is 56.3 Å². The summed E-state index contributed by atoms with van der Waals surface area (Å²) in [6.45, 7) is 1.06. The third-order valence-corrected chi connectivity index (χ3v) is 7.20. The highest BCUT2D eigenvalue weighted by Crippen LogP contribution is 2.25. The lowest BCUT2D eigenvalue weighted by molar-refractivity contribution is -0.126. The molecule has 2 N–H and O–H groups in total. The normalized spacial score (nSPS) is 16.8. The number of piperidine rings is 1. The van der Waals surface area contributed by atoms with E-state index in [1.165, 1.54) is 23.5 Å². The van der Waals surface area contributed by atoms with Crippen LogP contribution in [0.15, 0.2) is 53.7 Å². The summed E-state index contributed by atoms with van der Waals surface area (Å²) >= 11 is 0. The van der Waals surface area contributed by atoms with Crippen LogP contribution in [0, 0.1) is 5.92 Å². The highest BCUT2D eigenvalue weighted by Gasteiger charge is 2.33. The number of carbonyl (C=O) groups is 2. The van der Waals surface area contributed by atoms with Crippen molar-refractivity contribution in [3.63, 3.8) is 0 Å². The van der Waals surface area contributed by atoms with E-state index in [1.807, 2.05) is 6.07 Å². The van der Waals surface area contributed by atoms with Gasteiger partial charge in [0.05, 0.1) is 17.9 Å². The molecule has 1 atom stereocenters. The number of rotatable bonds is 9. The minimum absolute atomic E-state index is 0.118. The molecule has 1 aliphatic heterocycles. The highest BCUT2D eigenvalue weighted by molar-refractivity contribution is 7.89. The molecule has 9 nitrogen and oxygen atoms in total. The van der Waals surface area contributed by atoms with Gasteiger partial charge in [0.2, 0.25) is 21.8 Å². The number of amides is 2. The van der Waals surface area contributed by atoms with Crippen LogP contribution in [0.2, 0.25) is 0 Å². The van der Waals surface area contributed by atoms with Gasteiger partial charge in [-0.15, -0.1) is 0 Å². The predicted molar refractivity (Wildman–Crippen MR) is 118 cm³/mol. The number of carbonyl (C=O) groups excluding carboxylic acids is 2. The van der Waals surface area contributed by atoms with Crippen LogP contribution < -0.4 is 15.4 Å². The molecule has 2 aromatic rings. The number of nitrogens with one attached hydrogen (secondary N) is 2. The quantitative estimate of drug-likeness (QED) is 0.583. The number of aromatic nitrogens is 1. The molecule has 1 saturated heterocycles. The molecule has 172 valence electrons. The monoisotopic (exact) mass is 460 g/mol. The van der Waals surface area contributed by atoms with Gasteiger partial charge in [0, 0.05) is 45.0 Å². The third-order valence-electron chi connectivity index (χ3n) is 5.32. The number of methoxy groups -OCH3 is 1. The molecule has 0 spiro atoms. The lowest BCUT2D eigenvalue weighted by atomic mass is 9.99. The highest BCUT2D eigenvalue weighted by atomic mass is 32.2. The van der Waals surface area contributed by atoms with Crippen molar-refractivity contribution in [1.82, 2.24) is 19.9 Å². The minimum atomic E-state index is -3.69. The molecule has 3 rings (SSSR count). The number of nitrogens with zero attached hydrogens (tertiary/aromatic N) is 2. The van der Waals surface area contributed by atoms with Crippen molar-refractivity contribution < 1.29 is 22.7 Å². The van der Waals surface area contributed by atoms with E-state index in [-0.39, 0.29) is 36.2 Å². The van der Waals surface area contributed by atoms with Gasteiger partial charge in [-0.2, -0.15) is 4.31 Å². The molecule has 1 aromatic heterocycles. The standard InChI is InChI=1S/C22H28N4O5S/c1-31-19-6-8-20(9-7-19)32(29,30)26-13-3-5-18(16-26)22(28)24-12-10-21(27)25-15-17-4-2-11-23-14-17/h2,4,6-9,11,14,18H,3,5,10,12-13,15-16H2,1H3,(H,24,28)(H,25,27). The Balaban J connectivity index is 1.46. The second-order valence-electron chi connectivity index (χ2n) is 7.56. The second kappa shape index (κ2) is 11.1. The first-order valence-electron chi connectivity index (χ1n) is 10.5. The molecule has 32 heavy (non-hydrogen) atoms. The Bertz CT molecular complexity index is 1010. The minimum Gasteiger partial charge on any atom is -0.497 e. The molecule has 1 aromatic carbocycles. The average Bonchev–Trinajstić information content (AvgIpc) is 2.83. The second-order valence-corrected chi connectivity index (χ2v) is 9.49. The lowest BCUT2D eigenvalue weighted by Crippen LogP contribution is -2.45. The van der Waals surface area contributed by atoms with Crippen LogP contribution >= 0.6 is 0 Å². The predicted octanol–water partition coefficient (Wildman–Crippen LogP) is 1.31. The summed E-state index contributed by atoms with van der Waals surface area (Å²) in [4.78, 5) is 28.7. The van der Waals surface area contributed by atoms with Gasteiger partial charge < -0.3 is 15.4 Å². The first kappa shape index (κ1) is 23.7. The van der Waals surface area contributed by atoms with E-state index in [4.69, 9.17) is 4.74 Å². The first-order chi connectivity index (χ1) is 15.4. The van der Waals surface area contributed by atoms with Crippen LogP contribution in [-0.2, 0) is 26.2 Å². The van der Waals surface area contributed by atoms with E-state index in [9.17, 15) is 18.0 Å². The summed E-state index contributed by atoms with van der Waals surface area (Å²) < 4.78 is 32.3. The van der Waals surface area contributed by atoms with Crippen LogP contribution in [0.25, 0.3) is 0 Å². The van der Waals surface area contributed by atoms with Gasteiger partial charge in [-0.05, 0) is 48.7 Å². The number of hydrogen-bond donors (Lipinski definition) is 2. The molecule has 1 fully saturated rings. The van der Waals surface area contributed by atoms with Gasteiger partial charge in [0.25, 0.3) is 0 Å². The molecule has 10 heteroatoms. The summed E-state index contributed by atoms with van der Waals surface area (Å²) in [5.41, 5.74) is 0.894. The van der Waals surface area contributed by atoms with E-state index in [0.29, 0.717) is 31.7 Å². The molecule has 2 heterocycles. The third kappa shape index (κ3) is 6.27. The topological polar surface area (TPSA) is 118 Å². The molecular formula is C22H28N4O5S. The molecular weight excluding hydrogens is 432 g/mol. The van der Waals surface area contributed by atoms with E-state index in [1.54, 1.807) is 30.6 Å². The lowest BCUT2D eigenvalue weighted by Gasteiger charge is -2.31. The molecule has 0 saturated carbocycles. The van der Waals surface area contributed by atoms with Gasteiger partial charge in [-0.25, -0.2) is 8.42 Å². The molecule has 0 aliphatic carbocycles. The zero-order valence-corrected chi connectivity index (χ0v) is 18.8. The molecule has 0 radical (unpaired) electrons. The van der Waals surface area contributed by atoms with Crippen LogP contribution in [0.3, 0.4) is 0 Å². The number of pyridine rings is 1. The van der Waals surface area contributed by atoms with Crippen LogP contribution in [0.5, 0.6) is 5.75 Å². The van der Waals surface area contributed by atoms with E-state index in [0.717, 1.165) is 5.56 Å². The summed E-state index contributed by atoms with van der Waals surface area (Å²) in [6, 6.07) is 9.86. The molecule has 1 unspecified atom stereocenters. The Morgan fingerprint density at radius 3 is 2.66 bits per heavy atom. The Morgan fingerprint density at radius 1 is 1.19 bits per heavy atom. The molecule has 1 aliphatic rings. The smallest absolute Gasteiger partial charge is 0.243 e. The van der Waals surface area contributed by atoms with Gasteiger partial charge in [-0.1, -0.05) is 6.07 Å². The van der Waals surface area contributed by atoms with Crippen molar-refractivity contribution in [3.8, 4) is 5.75 Å². The maximum Gasteiger partial charge on any atom is 0.243 e. The first-order valence-corrected chi connectivity index (χ1v) is 11.9. The van der Waals surface area contributed by atoms with Gasteiger partial charge in [0.15, 0.2) is 0 Å². The zero-order valence-electron chi connectivity index (χ0n) is 18.0. The van der Waals surface area contributed by atoms with Crippen molar-refractivity contribution in [2.75, 3.05) is 26.7 Å². The van der Waals surface area contributed by atoms with Crippen LogP contribution in [0.4, 0.5) is 0 Å². The summed E-state index contributed by atoms with van der Waals surface area (Å²) in [5, 5.41) is 5.54. The average molecular weight is 461 g/mol. The van der Waals surface area contributed by atoms with Crippen molar-refractivity contribution in [2.45, 2.75) is 30.7 Å². The molecule has 0 bridgehead atoms. The largest absolute Gasteiger partial charge is 0.497 e. The Labute approximate surface area is 188 Å². The van der Waals surface area contributed by atoms with E-state index >= 15 is 0 Å². The Morgan fingerprint density at radius 2 is 1.97 bits per heavy atom. The van der Waals surface area contributed by atoms with Gasteiger partial charge >= 0.3 is 0 Å². The molecule has 2 amide bonds. The fourth-order valence-corrected chi connectivity index (χ4v) is 5.03. The maximum absolute atomic E-state index is 12.9. The van der Waals surface area contributed by atoms with Crippen molar-refractivity contribution in [2.24, 2.45) is 5.92 Å². The summed E-state index contributed by atoms with van der Waals surface area (Å²) in [6.07, 6.45) is 4.69. The van der Waals surface area contributed by atoms with Crippen molar-refractivity contribution in [3.05, 3.63) is 54.4 Å². The number of hydrogen-bond acceptors (Lipinski definition) is 6. The number of ether oxygens (including phenoxy) is 1. The van der Waals surface area contributed by atoms with Gasteiger partial charge in [-0.3, -0.25) is 14.6 Å². The Kier molecular flexibility index (Phi) is 8.18. The SMILES string of the molecule is COc1ccc(S(=O)(=O)N2CCCC(C(=O)NCCC(=O)NCc3cccnc3)C2)cc1. The van der Waals surface area contributed by atoms with Gasteiger partial charge in [0.1, 0.15) is 5.75 Å². The number of benzene rings is 1. The fraction of sp³-hybridized carbons (Fsp3) is 0.409. The maximum atomic E-state index is 12.9. The summed E-state index contributed by atoms with van der Waals surface area (Å²) in [7, 11) is -2.18. The zero-order chi connectivity index (χ0) is 23.0. The van der Waals surface area contributed by atoms with Crippen molar-refractivity contribution in [1.29, 1.82) is 0 Å². The Hall–Kier alpha value is -2.98. The number of sulfonamides is 1. The fourth-order valence-electron chi connectivity index (χ4n) is 3.51. The van der Waals surface area contributed by atoms with E-state index in [2.05, 4.69) is 15.6 Å². The summed E-state index contributed by atoms with van der Waals surface area (Å²) in [5.74, 6) is -0.291. The van der Waals surface area contributed by atoms with Crippen molar-refractivity contribution >= 4 is 21.8 Å². The van der Waals surface area contributed by atoms with E-state index < -0.39 is 15.9 Å². The van der Waals surface area contributed by atoms with Crippen LogP contribution in [0.1, 0.15) is 24.8 Å².